The van der Waals surface area contributed by atoms with Gasteiger partial charge in [0.25, 0.3) is 5.91 Å². The number of benzene rings is 2. The zero-order valence-electron chi connectivity index (χ0n) is 13.6. The highest BCUT2D eigenvalue weighted by atomic mass is 35.5. The van der Waals surface area contributed by atoms with Gasteiger partial charge < -0.3 is 10.6 Å². The molecular formula is C19H23ClN2O. The number of amides is 1. The number of hydrogen-bond acceptors (Lipinski definition) is 2. The van der Waals surface area contributed by atoms with Crippen molar-refractivity contribution in [1.82, 2.24) is 0 Å². The summed E-state index contributed by atoms with van der Waals surface area (Å²) in [5.41, 5.74) is 12.3. The Labute approximate surface area is 143 Å². The van der Waals surface area contributed by atoms with Gasteiger partial charge in [-0.2, -0.15) is 0 Å². The molecule has 4 heteroatoms. The minimum absolute atomic E-state index is 0. The van der Waals surface area contributed by atoms with E-state index in [0.717, 1.165) is 36.2 Å². The van der Waals surface area contributed by atoms with Crippen LogP contribution in [0.5, 0.6) is 0 Å². The van der Waals surface area contributed by atoms with Gasteiger partial charge in [-0.25, -0.2) is 0 Å². The third kappa shape index (κ3) is 3.41. The quantitative estimate of drug-likeness (QED) is 0.911. The van der Waals surface area contributed by atoms with Crippen molar-refractivity contribution in [3.05, 3.63) is 64.2 Å². The molecule has 1 aliphatic heterocycles. The molecule has 0 saturated carbocycles. The second kappa shape index (κ2) is 7.16. The van der Waals surface area contributed by atoms with Crippen LogP contribution in [0.1, 0.15) is 39.0 Å². The molecule has 0 fully saturated rings. The summed E-state index contributed by atoms with van der Waals surface area (Å²) in [5.74, 6) is 0.0783. The van der Waals surface area contributed by atoms with Crippen LogP contribution in [-0.2, 0) is 13.0 Å². The minimum Gasteiger partial charge on any atom is -0.326 e. The molecule has 0 radical (unpaired) electrons. The van der Waals surface area contributed by atoms with Crippen LogP contribution in [0.25, 0.3) is 0 Å². The fourth-order valence-corrected chi connectivity index (χ4v) is 3.23. The number of nitrogens with two attached hydrogens (primary N) is 1. The van der Waals surface area contributed by atoms with E-state index in [9.17, 15) is 4.79 Å². The maximum absolute atomic E-state index is 12.9. The van der Waals surface area contributed by atoms with Crippen molar-refractivity contribution in [2.45, 2.75) is 33.2 Å². The lowest BCUT2D eigenvalue weighted by Crippen LogP contribution is -2.35. The summed E-state index contributed by atoms with van der Waals surface area (Å²) < 4.78 is 0. The maximum Gasteiger partial charge on any atom is 0.258 e. The summed E-state index contributed by atoms with van der Waals surface area (Å²) in [6.07, 6.45) is 2.07. The Hall–Kier alpha value is -1.84. The predicted molar refractivity (Wildman–Crippen MR) is 97.5 cm³/mol. The molecule has 0 atom stereocenters. The van der Waals surface area contributed by atoms with Crippen LogP contribution in [0.2, 0.25) is 0 Å². The molecule has 0 aliphatic carbocycles. The van der Waals surface area contributed by atoms with Gasteiger partial charge in [0, 0.05) is 24.3 Å². The zero-order chi connectivity index (χ0) is 15.7. The molecule has 3 rings (SSSR count). The van der Waals surface area contributed by atoms with E-state index in [1.54, 1.807) is 0 Å². The normalized spacial score (nSPS) is 13.3. The third-order valence-electron chi connectivity index (χ3n) is 4.37. The van der Waals surface area contributed by atoms with Crippen LogP contribution >= 0.6 is 12.4 Å². The largest absolute Gasteiger partial charge is 0.326 e. The summed E-state index contributed by atoms with van der Waals surface area (Å²) in [4.78, 5) is 14.8. The van der Waals surface area contributed by atoms with Gasteiger partial charge in [-0.3, -0.25) is 4.79 Å². The molecule has 0 aromatic heterocycles. The number of rotatable bonds is 2. The van der Waals surface area contributed by atoms with E-state index < -0.39 is 0 Å². The van der Waals surface area contributed by atoms with Gasteiger partial charge >= 0.3 is 0 Å². The van der Waals surface area contributed by atoms with E-state index in [1.807, 2.05) is 29.2 Å². The average Bonchev–Trinajstić information content (AvgIpc) is 2.54. The van der Waals surface area contributed by atoms with Gasteiger partial charge in [0.2, 0.25) is 0 Å². The molecule has 0 saturated heterocycles. The molecule has 0 bridgehead atoms. The van der Waals surface area contributed by atoms with Crippen molar-refractivity contribution in [2.75, 3.05) is 11.4 Å². The molecule has 1 amide bonds. The summed E-state index contributed by atoms with van der Waals surface area (Å²) in [6, 6.07) is 11.9. The van der Waals surface area contributed by atoms with E-state index in [-0.39, 0.29) is 18.3 Å². The first-order chi connectivity index (χ1) is 10.6. The average molecular weight is 331 g/mol. The number of carbonyl (C=O) groups is 1. The van der Waals surface area contributed by atoms with E-state index >= 15 is 0 Å². The van der Waals surface area contributed by atoms with Gasteiger partial charge in [-0.1, -0.05) is 18.2 Å². The lowest BCUT2D eigenvalue weighted by Gasteiger charge is -2.31. The maximum atomic E-state index is 12.9. The molecule has 122 valence electrons. The number of carbonyl (C=O) groups excluding carboxylic acids is 1. The molecular weight excluding hydrogens is 308 g/mol. The van der Waals surface area contributed by atoms with Gasteiger partial charge in [0.1, 0.15) is 0 Å². The smallest absolute Gasteiger partial charge is 0.258 e. The second-order valence-electron chi connectivity index (χ2n) is 6.04. The molecule has 1 aliphatic rings. The Kier molecular flexibility index (Phi) is 5.45. The van der Waals surface area contributed by atoms with Crippen LogP contribution in [0.15, 0.2) is 36.4 Å². The highest BCUT2D eigenvalue weighted by molar-refractivity contribution is 6.06. The first-order valence-corrected chi connectivity index (χ1v) is 7.81. The van der Waals surface area contributed by atoms with Crippen molar-refractivity contribution in [2.24, 2.45) is 5.73 Å². The van der Waals surface area contributed by atoms with Gasteiger partial charge in [0.15, 0.2) is 0 Å². The predicted octanol–water partition coefficient (Wildman–Crippen LogP) is 3.78. The Morgan fingerprint density at radius 1 is 1.17 bits per heavy atom. The highest BCUT2D eigenvalue weighted by Crippen LogP contribution is 2.32. The standard InChI is InChI=1S/C19H22N2O.ClH/c1-13-10-14(2)17-4-3-9-21(18(17)11-13)19(22)16-7-5-15(12-20)6-8-16;/h5-8,10-11H,3-4,9,12,20H2,1-2H3;1H. The molecule has 0 spiro atoms. The number of anilines is 1. The number of fused-ring (bicyclic) bond motifs is 1. The Morgan fingerprint density at radius 3 is 2.52 bits per heavy atom. The summed E-state index contributed by atoms with van der Waals surface area (Å²) >= 11 is 0. The molecule has 3 nitrogen and oxygen atoms in total. The van der Waals surface area contributed by atoms with Crippen molar-refractivity contribution >= 4 is 24.0 Å². The highest BCUT2D eigenvalue weighted by Gasteiger charge is 2.24. The Morgan fingerprint density at radius 2 is 1.87 bits per heavy atom. The SMILES string of the molecule is Cc1cc(C)c2c(c1)N(C(=O)c1ccc(CN)cc1)CCC2.Cl. The third-order valence-corrected chi connectivity index (χ3v) is 4.37. The van der Waals surface area contributed by atoms with Gasteiger partial charge in [-0.05, 0) is 67.1 Å². The number of hydrogen-bond donors (Lipinski definition) is 1. The molecule has 2 aromatic rings. The topological polar surface area (TPSA) is 46.3 Å². The van der Waals surface area contributed by atoms with E-state index in [1.165, 1.54) is 16.7 Å². The fraction of sp³-hybridized carbons (Fsp3) is 0.316. The van der Waals surface area contributed by atoms with Crippen LogP contribution in [0, 0.1) is 13.8 Å². The van der Waals surface area contributed by atoms with Crippen LogP contribution in [0.3, 0.4) is 0 Å². The summed E-state index contributed by atoms with van der Waals surface area (Å²) in [7, 11) is 0. The molecule has 0 unspecified atom stereocenters. The molecule has 2 aromatic carbocycles. The first kappa shape index (κ1) is 17.5. The monoisotopic (exact) mass is 330 g/mol. The van der Waals surface area contributed by atoms with Crippen molar-refractivity contribution in [3.63, 3.8) is 0 Å². The number of aryl methyl sites for hydroxylation is 2. The van der Waals surface area contributed by atoms with Gasteiger partial charge in [0.05, 0.1) is 0 Å². The summed E-state index contributed by atoms with van der Waals surface area (Å²) in [6.45, 7) is 5.50. The van der Waals surface area contributed by atoms with Gasteiger partial charge in [-0.15, -0.1) is 12.4 Å². The van der Waals surface area contributed by atoms with Crippen LogP contribution in [-0.4, -0.2) is 12.5 Å². The zero-order valence-corrected chi connectivity index (χ0v) is 14.5. The number of nitrogens with zero attached hydrogens (tertiary/aromatic N) is 1. The Balaban J connectivity index is 0.00000192. The minimum atomic E-state index is 0. The lowest BCUT2D eigenvalue weighted by molar-refractivity contribution is 0.0985. The van der Waals surface area contributed by atoms with Crippen LogP contribution < -0.4 is 10.6 Å². The Bertz CT molecular complexity index is 710. The van der Waals surface area contributed by atoms with E-state index in [4.69, 9.17) is 5.73 Å². The van der Waals surface area contributed by atoms with E-state index in [0.29, 0.717) is 6.54 Å². The molecule has 1 heterocycles. The van der Waals surface area contributed by atoms with E-state index in [2.05, 4.69) is 26.0 Å². The van der Waals surface area contributed by atoms with Crippen molar-refractivity contribution in [3.8, 4) is 0 Å². The number of halogens is 1. The molecule has 23 heavy (non-hydrogen) atoms. The second-order valence-corrected chi connectivity index (χ2v) is 6.04. The first-order valence-electron chi connectivity index (χ1n) is 7.81. The van der Waals surface area contributed by atoms with Crippen LogP contribution in [0.4, 0.5) is 5.69 Å². The van der Waals surface area contributed by atoms with Crippen molar-refractivity contribution in [1.29, 1.82) is 0 Å². The van der Waals surface area contributed by atoms with Crippen molar-refractivity contribution < 1.29 is 4.79 Å². The molecule has 2 N–H and O–H groups in total. The summed E-state index contributed by atoms with van der Waals surface area (Å²) in [5, 5.41) is 0. The fourth-order valence-electron chi connectivity index (χ4n) is 3.23. The lowest BCUT2D eigenvalue weighted by atomic mass is 9.94.